The van der Waals surface area contributed by atoms with Gasteiger partial charge in [0.2, 0.25) is 11.8 Å². The molecule has 2 aromatic rings. The minimum atomic E-state index is -0.674. The van der Waals surface area contributed by atoms with Crippen LogP contribution in [0.1, 0.15) is 45.2 Å². The number of nitrogens with one attached hydrogen (secondary N) is 1. The third kappa shape index (κ3) is 6.57. The largest absolute Gasteiger partial charge is 0.350 e. The van der Waals surface area contributed by atoms with Crippen molar-refractivity contribution in [1.29, 1.82) is 0 Å². The van der Waals surface area contributed by atoms with Gasteiger partial charge in [0, 0.05) is 22.7 Å². The molecule has 1 N–H and O–H groups in total. The van der Waals surface area contributed by atoms with Gasteiger partial charge in [0.25, 0.3) is 0 Å². The van der Waals surface area contributed by atoms with Gasteiger partial charge in [0.05, 0.1) is 6.42 Å². The van der Waals surface area contributed by atoms with Crippen LogP contribution in [0.15, 0.2) is 48.5 Å². The third-order valence-corrected chi connectivity index (χ3v) is 4.82. The molecule has 0 aliphatic carbocycles. The molecule has 0 aromatic heterocycles. The number of carbonyl (C=O) groups excluding carboxylic acids is 2. The third-order valence-electron chi connectivity index (χ3n) is 4.47. The maximum Gasteiger partial charge on any atom is 0.243 e. The van der Waals surface area contributed by atoms with Crippen LogP contribution in [0, 0.1) is 5.82 Å². The Kier molecular flexibility index (Phi) is 7.80. The van der Waals surface area contributed by atoms with Gasteiger partial charge in [0.1, 0.15) is 11.9 Å². The van der Waals surface area contributed by atoms with Gasteiger partial charge in [-0.15, -0.1) is 0 Å². The minimum Gasteiger partial charge on any atom is -0.350 e. The van der Waals surface area contributed by atoms with E-state index < -0.39 is 17.4 Å². The van der Waals surface area contributed by atoms with Crippen LogP contribution in [0.25, 0.3) is 0 Å². The monoisotopic (exact) mass is 418 g/mol. The molecule has 0 aliphatic heterocycles. The van der Waals surface area contributed by atoms with Crippen LogP contribution >= 0.6 is 11.6 Å². The maximum atomic E-state index is 14.2. The molecular formula is C23H28ClFN2O2. The Morgan fingerprint density at radius 2 is 1.76 bits per heavy atom. The molecule has 0 spiro atoms. The van der Waals surface area contributed by atoms with Gasteiger partial charge >= 0.3 is 0 Å². The highest BCUT2D eigenvalue weighted by atomic mass is 35.5. The SMILES string of the molecule is CCC(C(=O)NC(C)(C)C)N(Cc1ccccc1)C(=O)Cc1c(F)cccc1Cl. The number of benzene rings is 2. The lowest BCUT2D eigenvalue weighted by atomic mass is 10.0. The van der Waals surface area contributed by atoms with Crippen molar-refractivity contribution in [2.24, 2.45) is 0 Å². The van der Waals surface area contributed by atoms with E-state index in [1.807, 2.05) is 58.0 Å². The summed E-state index contributed by atoms with van der Waals surface area (Å²) < 4.78 is 14.2. The second-order valence-corrected chi connectivity index (χ2v) is 8.45. The van der Waals surface area contributed by atoms with Gasteiger partial charge in [-0.3, -0.25) is 9.59 Å². The summed E-state index contributed by atoms with van der Waals surface area (Å²) in [4.78, 5) is 27.6. The van der Waals surface area contributed by atoms with Gasteiger partial charge in [0.15, 0.2) is 0 Å². The quantitative estimate of drug-likeness (QED) is 0.705. The fraction of sp³-hybridized carbons (Fsp3) is 0.391. The molecule has 1 atom stereocenters. The molecule has 0 saturated heterocycles. The second kappa shape index (κ2) is 9.88. The van der Waals surface area contributed by atoms with Crippen LogP contribution in [0.5, 0.6) is 0 Å². The van der Waals surface area contributed by atoms with E-state index in [4.69, 9.17) is 11.6 Å². The Hall–Kier alpha value is -2.40. The summed E-state index contributed by atoms with van der Waals surface area (Å²) in [7, 11) is 0. The number of hydrogen-bond acceptors (Lipinski definition) is 2. The summed E-state index contributed by atoms with van der Waals surface area (Å²) in [6.45, 7) is 7.77. The van der Waals surface area contributed by atoms with Crippen molar-refractivity contribution < 1.29 is 14.0 Å². The summed E-state index contributed by atoms with van der Waals surface area (Å²) in [6, 6.07) is 13.1. The first-order chi connectivity index (χ1) is 13.6. The fourth-order valence-corrected chi connectivity index (χ4v) is 3.34. The Balaban J connectivity index is 2.35. The van der Waals surface area contributed by atoms with Crippen molar-refractivity contribution in [3.63, 3.8) is 0 Å². The summed E-state index contributed by atoms with van der Waals surface area (Å²) in [5, 5.41) is 3.14. The average Bonchev–Trinajstić information content (AvgIpc) is 2.64. The fourth-order valence-electron chi connectivity index (χ4n) is 3.11. The summed E-state index contributed by atoms with van der Waals surface area (Å²) in [6.07, 6.45) is 0.225. The Labute approximate surface area is 177 Å². The number of rotatable bonds is 7. The molecule has 1 unspecified atom stereocenters. The Bertz CT molecular complexity index is 829. The molecule has 0 fully saturated rings. The molecule has 2 amide bonds. The smallest absolute Gasteiger partial charge is 0.243 e. The summed E-state index contributed by atoms with van der Waals surface area (Å²) in [5.41, 5.74) is 0.603. The average molecular weight is 419 g/mol. The lowest BCUT2D eigenvalue weighted by Crippen LogP contribution is -2.53. The van der Waals surface area contributed by atoms with Gasteiger partial charge in [-0.05, 0) is 44.9 Å². The van der Waals surface area contributed by atoms with Crippen molar-refractivity contribution in [2.75, 3.05) is 0 Å². The van der Waals surface area contributed by atoms with Crippen molar-refractivity contribution in [1.82, 2.24) is 10.2 Å². The maximum absolute atomic E-state index is 14.2. The van der Waals surface area contributed by atoms with Crippen LogP contribution in [0.2, 0.25) is 5.02 Å². The number of amides is 2. The molecule has 0 saturated carbocycles. The highest BCUT2D eigenvalue weighted by Crippen LogP contribution is 2.22. The van der Waals surface area contributed by atoms with Gasteiger partial charge in [-0.2, -0.15) is 0 Å². The van der Waals surface area contributed by atoms with Gasteiger partial charge < -0.3 is 10.2 Å². The topological polar surface area (TPSA) is 49.4 Å². The first kappa shape index (κ1) is 22.9. The molecule has 29 heavy (non-hydrogen) atoms. The minimum absolute atomic E-state index is 0.142. The number of carbonyl (C=O) groups is 2. The highest BCUT2D eigenvalue weighted by molar-refractivity contribution is 6.31. The number of nitrogens with zero attached hydrogens (tertiary/aromatic N) is 1. The first-order valence-corrected chi connectivity index (χ1v) is 10.1. The molecule has 0 aliphatic rings. The van der Waals surface area contributed by atoms with Crippen molar-refractivity contribution >= 4 is 23.4 Å². The van der Waals surface area contributed by atoms with E-state index in [1.54, 1.807) is 6.07 Å². The molecule has 2 aromatic carbocycles. The van der Waals surface area contributed by atoms with Crippen LogP contribution in [-0.4, -0.2) is 28.3 Å². The van der Waals surface area contributed by atoms with Crippen molar-refractivity contribution in [3.8, 4) is 0 Å². The Morgan fingerprint density at radius 1 is 1.10 bits per heavy atom. The molecule has 0 radical (unpaired) electrons. The molecule has 0 heterocycles. The van der Waals surface area contributed by atoms with Gasteiger partial charge in [-0.25, -0.2) is 4.39 Å². The predicted octanol–water partition coefficient (Wildman–Crippen LogP) is 4.74. The predicted molar refractivity (Wildman–Crippen MR) is 114 cm³/mol. The molecule has 0 bridgehead atoms. The van der Waals surface area contributed by atoms with Crippen molar-refractivity contribution in [3.05, 3.63) is 70.5 Å². The zero-order valence-corrected chi connectivity index (χ0v) is 18.1. The lowest BCUT2D eigenvalue weighted by molar-refractivity contribution is -0.141. The number of halogens is 2. The summed E-state index contributed by atoms with van der Waals surface area (Å²) >= 11 is 6.11. The zero-order chi connectivity index (χ0) is 21.6. The standard InChI is InChI=1S/C23H28ClFN2O2/c1-5-20(22(29)26-23(2,3)4)27(15-16-10-7-6-8-11-16)21(28)14-17-18(24)12-9-13-19(17)25/h6-13,20H,5,14-15H2,1-4H3,(H,26,29). The second-order valence-electron chi connectivity index (χ2n) is 8.05. The Morgan fingerprint density at radius 3 is 2.31 bits per heavy atom. The molecule has 4 nitrogen and oxygen atoms in total. The zero-order valence-electron chi connectivity index (χ0n) is 17.3. The van der Waals surface area contributed by atoms with Crippen LogP contribution < -0.4 is 5.32 Å². The van der Waals surface area contributed by atoms with E-state index in [1.165, 1.54) is 17.0 Å². The number of hydrogen-bond donors (Lipinski definition) is 1. The molecule has 2 rings (SSSR count). The van der Waals surface area contributed by atoms with E-state index in [2.05, 4.69) is 5.32 Å². The molecule has 156 valence electrons. The van der Waals surface area contributed by atoms with E-state index >= 15 is 0 Å². The highest BCUT2D eigenvalue weighted by Gasteiger charge is 2.31. The normalized spacial score (nSPS) is 12.3. The summed E-state index contributed by atoms with van der Waals surface area (Å²) in [5.74, 6) is -1.11. The first-order valence-electron chi connectivity index (χ1n) is 9.70. The van der Waals surface area contributed by atoms with E-state index in [9.17, 15) is 14.0 Å². The van der Waals surface area contributed by atoms with E-state index in [-0.39, 0.29) is 35.4 Å². The lowest BCUT2D eigenvalue weighted by Gasteiger charge is -2.33. The van der Waals surface area contributed by atoms with Crippen LogP contribution in [-0.2, 0) is 22.6 Å². The van der Waals surface area contributed by atoms with E-state index in [0.29, 0.717) is 6.42 Å². The van der Waals surface area contributed by atoms with Gasteiger partial charge in [-0.1, -0.05) is 54.9 Å². The van der Waals surface area contributed by atoms with Crippen LogP contribution in [0.4, 0.5) is 4.39 Å². The van der Waals surface area contributed by atoms with E-state index in [0.717, 1.165) is 5.56 Å². The van der Waals surface area contributed by atoms with Crippen LogP contribution in [0.3, 0.4) is 0 Å². The molecule has 6 heteroatoms. The van der Waals surface area contributed by atoms with Crippen molar-refractivity contribution in [2.45, 2.75) is 58.7 Å². The molecular weight excluding hydrogens is 391 g/mol.